The van der Waals surface area contributed by atoms with Gasteiger partial charge < -0.3 is 31.2 Å². The Labute approximate surface area is 238 Å². The molecule has 5 N–H and O–H groups in total. The van der Waals surface area contributed by atoms with Gasteiger partial charge in [0.25, 0.3) is 11.8 Å². The van der Waals surface area contributed by atoms with E-state index >= 15 is 0 Å². The number of anilines is 3. The second-order valence-electron chi connectivity index (χ2n) is 9.71. The molecule has 0 aliphatic heterocycles. The standard InChI is InChI=1S/C28H36N6O5S/c1-16(2)13-14-31-27(36)24(17-7-9-18(10-8-17)33(3)4)34(20-12-11-19(38-5)15-21(20)39-6)28(37)25-22(29)23(26(30)35)32-40-25/h7-12,15-16,24H,13-14,29H2,1-6H3,(H2,30,35)(H,31,36). The van der Waals surface area contributed by atoms with E-state index in [0.29, 0.717) is 29.5 Å². The highest BCUT2D eigenvalue weighted by molar-refractivity contribution is 7.09. The fraction of sp³-hybridized carbons (Fsp3) is 0.357. The van der Waals surface area contributed by atoms with Gasteiger partial charge in [0.05, 0.1) is 25.6 Å². The lowest BCUT2D eigenvalue weighted by Crippen LogP contribution is -2.44. The third-order valence-electron chi connectivity index (χ3n) is 6.27. The molecule has 0 fully saturated rings. The first kappa shape index (κ1) is 30.2. The van der Waals surface area contributed by atoms with Crippen LogP contribution in [0, 0.1) is 5.92 Å². The lowest BCUT2D eigenvalue weighted by Gasteiger charge is -2.32. The number of rotatable bonds is 12. The lowest BCUT2D eigenvalue weighted by molar-refractivity contribution is -0.122. The second-order valence-corrected chi connectivity index (χ2v) is 10.5. The summed E-state index contributed by atoms with van der Waals surface area (Å²) in [7, 11) is 6.78. The molecule has 1 unspecified atom stereocenters. The van der Waals surface area contributed by atoms with E-state index < -0.39 is 23.8 Å². The summed E-state index contributed by atoms with van der Waals surface area (Å²) in [6.07, 6.45) is 0.752. The SMILES string of the molecule is COc1ccc(N(C(=O)c2snc(C(N)=O)c2N)C(C(=O)NCCC(C)C)c2ccc(N(C)C)cc2)c(OC)c1. The van der Waals surface area contributed by atoms with Crippen molar-refractivity contribution in [3.63, 3.8) is 0 Å². The van der Waals surface area contributed by atoms with Crippen molar-refractivity contribution in [2.45, 2.75) is 26.3 Å². The van der Waals surface area contributed by atoms with Crippen LogP contribution in [0.25, 0.3) is 0 Å². The number of nitrogens with one attached hydrogen (secondary N) is 1. The van der Waals surface area contributed by atoms with E-state index in [1.54, 1.807) is 30.3 Å². The number of nitrogens with two attached hydrogens (primary N) is 2. The van der Waals surface area contributed by atoms with Crippen molar-refractivity contribution < 1.29 is 23.9 Å². The first-order valence-corrected chi connectivity index (χ1v) is 13.4. The highest BCUT2D eigenvalue weighted by Gasteiger charge is 2.37. The number of methoxy groups -OCH3 is 2. The monoisotopic (exact) mass is 568 g/mol. The van der Waals surface area contributed by atoms with Crippen LogP contribution in [0.1, 0.15) is 52.0 Å². The smallest absolute Gasteiger partial charge is 0.273 e. The topological polar surface area (TPSA) is 153 Å². The number of benzene rings is 2. The molecule has 0 bridgehead atoms. The Kier molecular flexibility index (Phi) is 9.94. The number of carbonyl (C=O) groups excluding carboxylic acids is 3. The Balaban J connectivity index is 2.25. The number of ether oxygens (including phenoxy) is 2. The number of carbonyl (C=O) groups is 3. The summed E-state index contributed by atoms with van der Waals surface area (Å²) >= 11 is 0.738. The van der Waals surface area contributed by atoms with Crippen LogP contribution in [0.2, 0.25) is 0 Å². The maximum Gasteiger partial charge on any atom is 0.273 e. The van der Waals surface area contributed by atoms with Crippen LogP contribution < -0.4 is 36.1 Å². The molecule has 3 rings (SSSR count). The molecule has 0 aliphatic carbocycles. The van der Waals surface area contributed by atoms with E-state index in [9.17, 15) is 14.4 Å². The molecular formula is C28H36N6O5S. The van der Waals surface area contributed by atoms with Crippen LogP contribution >= 0.6 is 11.5 Å². The van der Waals surface area contributed by atoms with E-state index in [0.717, 1.165) is 23.6 Å². The molecule has 1 heterocycles. The average molecular weight is 569 g/mol. The van der Waals surface area contributed by atoms with Crippen molar-refractivity contribution >= 4 is 46.3 Å². The van der Waals surface area contributed by atoms with E-state index in [2.05, 4.69) is 23.5 Å². The Hall–Kier alpha value is -4.32. The van der Waals surface area contributed by atoms with Crippen molar-refractivity contribution in [2.75, 3.05) is 50.4 Å². The number of nitrogens with zero attached hydrogens (tertiary/aromatic N) is 3. The molecular weight excluding hydrogens is 532 g/mol. The number of amides is 3. The molecule has 214 valence electrons. The summed E-state index contributed by atoms with van der Waals surface area (Å²) in [6, 6.07) is 11.1. The highest BCUT2D eigenvalue weighted by Crippen LogP contribution is 2.40. The molecule has 0 saturated carbocycles. The zero-order valence-corrected chi connectivity index (χ0v) is 24.4. The van der Waals surface area contributed by atoms with Gasteiger partial charge in [0.1, 0.15) is 22.4 Å². The summed E-state index contributed by atoms with van der Waals surface area (Å²) in [4.78, 5) is 43.3. The van der Waals surface area contributed by atoms with Gasteiger partial charge in [-0.05, 0) is 53.7 Å². The van der Waals surface area contributed by atoms with Gasteiger partial charge in [-0.15, -0.1) is 0 Å². The van der Waals surface area contributed by atoms with Crippen molar-refractivity contribution in [3.8, 4) is 11.5 Å². The number of primary amides is 1. The molecule has 3 aromatic rings. The average Bonchev–Trinajstić information content (AvgIpc) is 3.32. The molecule has 2 aromatic carbocycles. The first-order valence-electron chi connectivity index (χ1n) is 12.7. The van der Waals surface area contributed by atoms with Crippen molar-refractivity contribution in [1.29, 1.82) is 0 Å². The van der Waals surface area contributed by atoms with Gasteiger partial charge in [-0.2, -0.15) is 4.37 Å². The van der Waals surface area contributed by atoms with Gasteiger partial charge in [-0.1, -0.05) is 26.0 Å². The number of hydrogen-bond donors (Lipinski definition) is 3. The van der Waals surface area contributed by atoms with Crippen molar-refractivity contribution in [2.24, 2.45) is 11.7 Å². The van der Waals surface area contributed by atoms with Gasteiger partial charge >= 0.3 is 0 Å². The lowest BCUT2D eigenvalue weighted by atomic mass is 10.0. The second kappa shape index (κ2) is 13.2. The van der Waals surface area contributed by atoms with Crippen molar-refractivity contribution in [3.05, 3.63) is 58.6 Å². The zero-order chi connectivity index (χ0) is 29.6. The summed E-state index contributed by atoms with van der Waals surface area (Å²) in [5, 5.41) is 2.98. The Morgan fingerprint density at radius 1 is 1.05 bits per heavy atom. The number of nitrogen functional groups attached to an aromatic ring is 1. The van der Waals surface area contributed by atoms with Crippen LogP contribution in [0.3, 0.4) is 0 Å². The molecule has 0 spiro atoms. The summed E-state index contributed by atoms with van der Waals surface area (Å²) in [5.74, 6) is -0.759. The molecule has 0 radical (unpaired) electrons. The van der Waals surface area contributed by atoms with Gasteiger partial charge in [0.15, 0.2) is 5.69 Å². The molecule has 1 atom stereocenters. The molecule has 40 heavy (non-hydrogen) atoms. The van der Waals surface area contributed by atoms with Crippen molar-refractivity contribution in [1.82, 2.24) is 9.69 Å². The van der Waals surface area contributed by atoms with Gasteiger partial charge in [0.2, 0.25) is 5.91 Å². The molecule has 12 heteroatoms. The first-order chi connectivity index (χ1) is 19.0. The molecule has 0 aliphatic rings. The minimum atomic E-state index is -1.13. The predicted octanol–water partition coefficient (Wildman–Crippen LogP) is 3.46. The molecule has 0 saturated heterocycles. The van der Waals surface area contributed by atoms with E-state index in [-0.39, 0.29) is 22.0 Å². The maximum atomic E-state index is 14.3. The molecule has 11 nitrogen and oxygen atoms in total. The van der Waals surface area contributed by atoms with Gasteiger partial charge in [-0.25, -0.2) is 0 Å². The summed E-state index contributed by atoms with van der Waals surface area (Å²) in [5.41, 5.74) is 13.0. The maximum absolute atomic E-state index is 14.3. The van der Waals surface area contributed by atoms with Crippen LogP contribution in [-0.4, -0.2) is 57.0 Å². The van der Waals surface area contributed by atoms with E-state index in [4.69, 9.17) is 20.9 Å². The predicted molar refractivity (Wildman–Crippen MR) is 157 cm³/mol. The van der Waals surface area contributed by atoms with E-state index in [1.807, 2.05) is 31.1 Å². The van der Waals surface area contributed by atoms with Crippen LogP contribution in [0.15, 0.2) is 42.5 Å². The Morgan fingerprint density at radius 3 is 2.25 bits per heavy atom. The minimum absolute atomic E-state index is 0.0310. The zero-order valence-electron chi connectivity index (χ0n) is 23.6. The normalized spacial score (nSPS) is 11.6. The third-order valence-corrected chi connectivity index (χ3v) is 7.12. The van der Waals surface area contributed by atoms with Crippen LogP contribution in [-0.2, 0) is 4.79 Å². The van der Waals surface area contributed by atoms with Gasteiger partial charge in [0, 0.05) is 32.4 Å². The summed E-state index contributed by atoms with van der Waals surface area (Å²) in [6.45, 7) is 4.54. The van der Waals surface area contributed by atoms with Crippen LogP contribution in [0.4, 0.5) is 17.1 Å². The number of aromatic nitrogens is 1. The third kappa shape index (κ3) is 6.63. The Morgan fingerprint density at radius 2 is 1.73 bits per heavy atom. The minimum Gasteiger partial charge on any atom is -0.497 e. The quantitative estimate of drug-likeness (QED) is 0.300. The molecule has 3 amide bonds. The highest BCUT2D eigenvalue weighted by atomic mass is 32.1. The van der Waals surface area contributed by atoms with Gasteiger partial charge in [-0.3, -0.25) is 19.3 Å². The Bertz CT molecular complexity index is 1360. The van der Waals surface area contributed by atoms with E-state index in [1.165, 1.54) is 19.1 Å². The molecule has 1 aromatic heterocycles. The summed E-state index contributed by atoms with van der Waals surface area (Å²) < 4.78 is 15.0. The van der Waals surface area contributed by atoms with Crippen LogP contribution in [0.5, 0.6) is 11.5 Å². The fourth-order valence-electron chi connectivity index (χ4n) is 4.04. The largest absolute Gasteiger partial charge is 0.497 e. The number of hydrogen-bond acceptors (Lipinski definition) is 9. The fourth-order valence-corrected chi connectivity index (χ4v) is 4.78.